The van der Waals surface area contributed by atoms with Crippen LogP contribution < -0.4 is 18.9 Å². The van der Waals surface area contributed by atoms with Crippen molar-refractivity contribution >= 4 is 22.7 Å². The Hall–Kier alpha value is -3.96. The summed E-state index contributed by atoms with van der Waals surface area (Å²) in [6.45, 7) is 20.7. The van der Waals surface area contributed by atoms with E-state index in [1.807, 2.05) is 24.3 Å². The molecule has 4 N–H and O–H groups in total. The van der Waals surface area contributed by atoms with Crippen molar-refractivity contribution in [3.05, 3.63) is 107 Å². The van der Waals surface area contributed by atoms with E-state index in [2.05, 4.69) is 63.9 Å². The monoisotopic (exact) mass is 1260 g/mol. The average molecular weight is 1260 g/mol. The molecule has 0 heterocycles. The molecule has 0 aliphatic carbocycles. The summed E-state index contributed by atoms with van der Waals surface area (Å²) in [5.74, 6) is 3.54. The van der Waals surface area contributed by atoms with Crippen molar-refractivity contribution in [3.63, 3.8) is 0 Å². The van der Waals surface area contributed by atoms with E-state index in [-0.39, 0.29) is 65.3 Å². The second-order valence-electron chi connectivity index (χ2n) is 19.5. The summed E-state index contributed by atoms with van der Waals surface area (Å²) in [4.78, 5) is 1.15. The van der Waals surface area contributed by atoms with E-state index in [4.69, 9.17) is 34.3 Å². The summed E-state index contributed by atoms with van der Waals surface area (Å²) < 4.78 is 22.8. The Kier molecular flexibility index (Phi) is 47.9. The number of unbranched alkanes of at least 4 members (excludes halogenated alkanes) is 12. The van der Waals surface area contributed by atoms with Gasteiger partial charge in [-0.25, -0.2) is 0 Å². The molecule has 0 aliphatic heterocycles. The summed E-state index contributed by atoms with van der Waals surface area (Å²) in [6.07, 6.45) is 19.0. The van der Waals surface area contributed by atoms with Crippen molar-refractivity contribution in [1.29, 1.82) is 0 Å². The molecule has 4 rings (SSSR count). The van der Waals surface area contributed by atoms with Crippen LogP contribution >= 0.6 is 0 Å². The maximum absolute atomic E-state index is 12.3. The van der Waals surface area contributed by atoms with Crippen LogP contribution in [0.3, 0.4) is 0 Å². The molecule has 16 heteroatoms. The van der Waals surface area contributed by atoms with Crippen molar-refractivity contribution in [2.45, 2.75) is 209 Å². The van der Waals surface area contributed by atoms with E-state index in [1.165, 1.54) is 77.0 Å². The topological polar surface area (TPSA) is 195 Å². The van der Waals surface area contributed by atoms with Crippen LogP contribution in [0.15, 0.2) is 95.2 Å². The molecule has 0 amide bonds. The van der Waals surface area contributed by atoms with Gasteiger partial charge in [-0.3, -0.25) is 0 Å². The smallest absolute Gasteiger partial charge is 0.138 e. The minimum absolute atomic E-state index is 0. The Balaban J connectivity index is 0. The fraction of sp³-hybridized carbons (Fsp3) is 0.607. The predicted octanol–water partition coefficient (Wildman–Crippen LogP) is 16.0. The van der Waals surface area contributed by atoms with Crippen LogP contribution in [0.5, 0.6) is 23.0 Å². The molecule has 14 nitrogen and oxygen atoms in total. The summed E-state index contributed by atoms with van der Waals surface area (Å²) in [5, 5.41) is 67.9. The van der Waals surface area contributed by atoms with Gasteiger partial charge >= 0.3 is 0 Å². The third-order valence-electron chi connectivity index (χ3n) is 11.1. The summed E-state index contributed by atoms with van der Waals surface area (Å²) in [7, 11) is 0. The zero-order valence-corrected chi connectivity index (χ0v) is 51.0. The van der Waals surface area contributed by atoms with E-state index in [0.29, 0.717) is 77.7 Å². The molecule has 0 aromatic heterocycles. The van der Waals surface area contributed by atoms with Crippen molar-refractivity contribution < 1.29 is 89.9 Å². The van der Waals surface area contributed by atoms with Gasteiger partial charge in [0.1, 0.15) is 34.2 Å². The predicted molar refractivity (Wildman–Crippen MR) is 302 cm³/mol. The third kappa shape index (κ3) is 41.7. The Morgan fingerprint density at radius 3 is 0.961 bits per heavy atom. The minimum Gasteiger partial charge on any atom is -0.596 e. The first-order valence-corrected chi connectivity index (χ1v) is 27.9. The van der Waals surface area contributed by atoms with Gasteiger partial charge in [0.2, 0.25) is 0 Å². The van der Waals surface area contributed by atoms with Crippen LogP contribution in [0.4, 0.5) is 22.7 Å². The molecule has 0 radical (unpaired) electrons. The van der Waals surface area contributed by atoms with Gasteiger partial charge in [0, 0.05) is 62.6 Å². The third-order valence-corrected chi connectivity index (χ3v) is 11.1. The number of azo groups is 2. The normalized spacial score (nSPS) is 12.6. The Morgan fingerprint density at radius 2 is 0.714 bits per heavy atom. The molecule has 0 aliphatic rings. The number of benzene rings is 4. The minimum atomic E-state index is -0.381. The van der Waals surface area contributed by atoms with Gasteiger partial charge in [-0.1, -0.05) is 153 Å². The zero-order chi connectivity index (χ0) is 55.5. The van der Waals surface area contributed by atoms with Gasteiger partial charge < -0.3 is 49.8 Å². The maximum atomic E-state index is 12.3. The van der Waals surface area contributed by atoms with E-state index < -0.39 is 0 Å². The number of nitrogens with zero attached hydrogens (tertiary/aromatic N) is 4. The first kappa shape index (κ1) is 75.1. The number of rotatable bonds is 34. The summed E-state index contributed by atoms with van der Waals surface area (Å²) >= 11 is 0. The van der Waals surface area contributed by atoms with Crippen LogP contribution in [0.1, 0.15) is 184 Å². The van der Waals surface area contributed by atoms with Crippen LogP contribution in [0.25, 0.3) is 0 Å². The quantitative estimate of drug-likeness (QED) is 0.00873. The fourth-order valence-electron chi connectivity index (χ4n) is 7.16. The van der Waals surface area contributed by atoms with E-state index in [1.54, 1.807) is 81.4 Å². The van der Waals surface area contributed by atoms with Crippen molar-refractivity contribution in [2.75, 3.05) is 26.4 Å². The van der Waals surface area contributed by atoms with Gasteiger partial charge in [-0.15, -0.1) is 24.3 Å². The molecule has 4 unspecified atom stereocenters. The molecule has 4 aromatic rings. The van der Waals surface area contributed by atoms with Gasteiger partial charge in [0.05, 0.1) is 50.8 Å². The number of aliphatic hydroxyl groups excluding tert-OH is 4. The maximum Gasteiger partial charge on any atom is 0.138 e. The Bertz CT molecular complexity index is 1860. The second kappa shape index (κ2) is 49.1. The molecule has 0 fully saturated rings. The standard InChI is InChI=1S/2C24H33N2O3.C8H18O2.C5H12O2.2Pd/c2*1-3-5-7-9-19-28-23-15-11-21(12-16-23)25-26(27)22-13-17-24(18-14-22)29-20-10-8-6-4-2;1-6(2)4-8(10)5-7(3)9;1-4(6)3-5(2)7;;/h2*11-13,15-18H,3-10,19-20H2,1-2H3;6-10H,4-5H2,1-3H3;4-7H,3H2,1-2H3;;/q2*-1;;;;. The molecule has 0 saturated heterocycles. The molecular weight excluding hydrogens is 1160 g/mol. The Labute approximate surface area is 491 Å². The first-order valence-electron chi connectivity index (χ1n) is 27.9. The number of aliphatic hydroxyl groups is 4. The van der Waals surface area contributed by atoms with E-state index in [9.17, 15) is 15.5 Å². The van der Waals surface area contributed by atoms with Crippen molar-refractivity contribution in [3.8, 4) is 23.0 Å². The number of hydrogen-bond acceptors (Lipinski definition) is 12. The number of hydrogen-bond donors (Lipinski definition) is 4. The molecule has 0 saturated carbocycles. The Morgan fingerprint density at radius 1 is 0.416 bits per heavy atom. The largest absolute Gasteiger partial charge is 0.596 e. The fourth-order valence-corrected chi connectivity index (χ4v) is 7.16. The first-order chi connectivity index (χ1) is 36.1. The van der Waals surface area contributed by atoms with Gasteiger partial charge in [-0.2, -0.15) is 0 Å². The van der Waals surface area contributed by atoms with Crippen molar-refractivity contribution in [1.82, 2.24) is 0 Å². The molecule has 77 heavy (non-hydrogen) atoms. The SMILES string of the molecule is CC(C)CC(O)CC(C)O.CC(O)CC(C)O.CCCCCCOc1c[c-]c([N+]([O-])=Nc2ccc(OCCCCCC)cc2)cc1.CCCCCCOc1c[c-]c([N+]([O-])=Nc2ccc(OCCCCCC)cc2)cc1.[Pd].[Pd]. The van der Waals surface area contributed by atoms with E-state index >= 15 is 0 Å². The van der Waals surface area contributed by atoms with Gasteiger partial charge in [0.25, 0.3) is 0 Å². The number of ether oxygens (including phenoxy) is 4. The molecule has 4 aromatic carbocycles. The molecule has 0 spiro atoms. The summed E-state index contributed by atoms with van der Waals surface area (Å²) in [5.41, 5.74) is 1.84. The molecule has 0 bridgehead atoms. The average Bonchev–Trinajstić information content (AvgIpc) is 3.37. The van der Waals surface area contributed by atoms with Crippen LogP contribution in [-0.2, 0) is 40.8 Å². The molecular formula is C61H96N4O10Pd2-2. The van der Waals surface area contributed by atoms with Gasteiger partial charge in [0.15, 0.2) is 0 Å². The van der Waals surface area contributed by atoms with Crippen molar-refractivity contribution in [2.24, 2.45) is 16.1 Å². The van der Waals surface area contributed by atoms with Crippen LogP contribution in [-0.4, -0.2) is 81.0 Å². The summed E-state index contributed by atoms with van der Waals surface area (Å²) in [6, 6.07) is 30.6. The van der Waals surface area contributed by atoms with Gasteiger partial charge in [-0.05, 0) is 120 Å². The molecule has 442 valence electrons. The van der Waals surface area contributed by atoms with Crippen LogP contribution in [0, 0.1) is 28.5 Å². The zero-order valence-electron chi connectivity index (χ0n) is 47.9. The van der Waals surface area contributed by atoms with Crippen LogP contribution in [0.2, 0.25) is 0 Å². The molecule has 4 atom stereocenters. The van der Waals surface area contributed by atoms with E-state index in [0.717, 1.165) is 55.1 Å². The second-order valence-corrected chi connectivity index (χ2v) is 19.5.